The van der Waals surface area contributed by atoms with Crippen molar-refractivity contribution in [3.05, 3.63) is 48.5 Å². The van der Waals surface area contributed by atoms with Crippen molar-refractivity contribution in [2.75, 3.05) is 37.1 Å². The van der Waals surface area contributed by atoms with E-state index in [0.717, 1.165) is 12.8 Å². The highest BCUT2D eigenvalue weighted by Crippen LogP contribution is 2.14. The Bertz CT molecular complexity index is 727. The number of hydrogen-bond donors (Lipinski definition) is 4. The van der Waals surface area contributed by atoms with Crippen LogP contribution in [0, 0.1) is 0 Å². The van der Waals surface area contributed by atoms with Crippen molar-refractivity contribution >= 4 is 23.6 Å². The number of ether oxygens (including phenoxy) is 3. The van der Waals surface area contributed by atoms with E-state index in [2.05, 4.69) is 10.6 Å². The van der Waals surface area contributed by atoms with Crippen molar-refractivity contribution in [3.8, 4) is 11.5 Å². The summed E-state index contributed by atoms with van der Waals surface area (Å²) in [6.45, 7) is 1.70. The Labute approximate surface area is 180 Å². The lowest BCUT2D eigenvalue weighted by molar-refractivity contribution is 0.109. The molecule has 0 spiro atoms. The molecule has 0 atom stereocenters. The Kier molecular flexibility index (Phi) is 10.5. The summed E-state index contributed by atoms with van der Waals surface area (Å²) in [5.74, 6) is 0.255. The van der Waals surface area contributed by atoms with Crippen LogP contribution in [0.2, 0.25) is 0 Å². The number of unbranched alkanes of at least 4 members (excludes halogenated alkanes) is 2. The molecule has 168 valence electrons. The average Bonchev–Trinajstić information content (AvgIpc) is 2.75. The molecule has 2 aromatic rings. The van der Waals surface area contributed by atoms with Crippen LogP contribution < -0.4 is 10.6 Å². The molecule has 0 unspecified atom stereocenters. The smallest absolute Gasteiger partial charge is 0.411 e. The second kappa shape index (κ2) is 13.7. The van der Waals surface area contributed by atoms with Gasteiger partial charge < -0.3 is 24.4 Å². The first-order valence-electron chi connectivity index (χ1n) is 10.1. The Hall–Kier alpha value is -3.46. The van der Waals surface area contributed by atoms with Gasteiger partial charge >= 0.3 is 12.2 Å². The van der Waals surface area contributed by atoms with Crippen LogP contribution in [0.1, 0.15) is 25.7 Å². The van der Waals surface area contributed by atoms with Gasteiger partial charge in [-0.3, -0.25) is 10.6 Å². The molecule has 4 N–H and O–H groups in total. The number of amides is 2. The first-order chi connectivity index (χ1) is 15.0. The molecule has 0 saturated carbocycles. The summed E-state index contributed by atoms with van der Waals surface area (Å²) < 4.78 is 15.6. The van der Waals surface area contributed by atoms with Gasteiger partial charge in [0, 0.05) is 24.6 Å². The number of anilines is 2. The summed E-state index contributed by atoms with van der Waals surface area (Å²) in [4.78, 5) is 23.2. The standard InChI is InChI=1S/C22H28N2O7/c25-19-9-5-17(6-10-19)23-21(27)30-15-3-1-13-29-14-2-4-16-31-22(28)24-18-7-11-20(26)12-8-18/h5-12,25-26H,1-4,13-16H2,(H,23,27)(H,24,28). The Morgan fingerprint density at radius 3 is 1.35 bits per heavy atom. The molecular weight excluding hydrogens is 404 g/mol. The van der Waals surface area contributed by atoms with Crippen LogP contribution in [0.15, 0.2) is 48.5 Å². The predicted octanol–water partition coefficient (Wildman–Crippen LogP) is 4.47. The third kappa shape index (κ3) is 10.8. The second-order valence-electron chi connectivity index (χ2n) is 6.64. The fraction of sp³-hybridized carbons (Fsp3) is 0.364. The van der Waals surface area contributed by atoms with Gasteiger partial charge in [0.25, 0.3) is 0 Å². The second-order valence-corrected chi connectivity index (χ2v) is 6.64. The van der Waals surface area contributed by atoms with Gasteiger partial charge in [-0.25, -0.2) is 9.59 Å². The van der Waals surface area contributed by atoms with Crippen molar-refractivity contribution in [1.29, 1.82) is 0 Å². The van der Waals surface area contributed by atoms with E-state index in [1.165, 1.54) is 24.3 Å². The highest BCUT2D eigenvalue weighted by atomic mass is 16.6. The number of hydrogen-bond acceptors (Lipinski definition) is 7. The molecule has 0 heterocycles. The van der Waals surface area contributed by atoms with Crippen LogP contribution in [-0.4, -0.2) is 48.8 Å². The maximum Gasteiger partial charge on any atom is 0.411 e. The number of carbonyl (C=O) groups excluding carboxylic acids is 2. The maximum atomic E-state index is 11.6. The summed E-state index contributed by atoms with van der Waals surface area (Å²) in [7, 11) is 0. The van der Waals surface area contributed by atoms with Crippen molar-refractivity contribution < 1.29 is 34.0 Å². The summed E-state index contributed by atoms with van der Waals surface area (Å²) in [6, 6.07) is 12.2. The van der Waals surface area contributed by atoms with Gasteiger partial charge in [-0.1, -0.05) is 0 Å². The highest BCUT2D eigenvalue weighted by molar-refractivity contribution is 5.85. The number of benzene rings is 2. The molecule has 0 radical (unpaired) electrons. The van der Waals surface area contributed by atoms with Crippen LogP contribution in [0.5, 0.6) is 11.5 Å². The SMILES string of the molecule is O=C(Nc1ccc(O)cc1)OCCCCOCCCCOC(=O)Nc1ccc(O)cc1. The van der Waals surface area contributed by atoms with Gasteiger partial charge in [0.2, 0.25) is 0 Å². The van der Waals surface area contributed by atoms with Crippen molar-refractivity contribution in [3.63, 3.8) is 0 Å². The van der Waals surface area contributed by atoms with Crippen LogP contribution in [0.3, 0.4) is 0 Å². The first kappa shape index (κ1) is 23.8. The largest absolute Gasteiger partial charge is 0.508 e. The molecule has 2 rings (SSSR count). The van der Waals surface area contributed by atoms with Gasteiger partial charge in [-0.2, -0.15) is 0 Å². The zero-order valence-corrected chi connectivity index (χ0v) is 17.2. The molecule has 0 saturated heterocycles. The predicted molar refractivity (Wildman–Crippen MR) is 115 cm³/mol. The van der Waals surface area contributed by atoms with Crippen molar-refractivity contribution in [2.24, 2.45) is 0 Å². The monoisotopic (exact) mass is 432 g/mol. The molecule has 9 nitrogen and oxygen atoms in total. The molecule has 9 heteroatoms. The van der Waals surface area contributed by atoms with Gasteiger partial charge in [0.1, 0.15) is 11.5 Å². The van der Waals surface area contributed by atoms with Crippen molar-refractivity contribution in [1.82, 2.24) is 0 Å². The molecule has 0 aliphatic rings. The topological polar surface area (TPSA) is 126 Å². The number of nitrogens with one attached hydrogen (secondary N) is 2. The number of phenolic OH excluding ortho intramolecular Hbond substituents is 2. The Morgan fingerprint density at radius 2 is 0.968 bits per heavy atom. The Morgan fingerprint density at radius 1 is 0.613 bits per heavy atom. The van der Waals surface area contributed by atoms with Crippen LogP contribution >= 0.6 is 0 Å². The quantitative estimate of drug-likeness (QED) is 0.288. The minimum Gasteiger partial charge on any atom is -0.508 e. The van der Waals surface area contributed by atoms with E-state index >= 15 is 0 Å². The van der Waals surface area contributed by atoms with E-state index in [1.807, 2.05) is 0 Å². The fourth-order valence-electron chi connectivity index (χ4n) is 2.44. The lowest BCUT2D eigenvalue weighted by Crippen LogP contribution is -2.15. The zero-order chi connectivity index (χ0) is 22.3. The van der Waals surface area contributed by atoms with Gasteiger partial charge in [0.05, 0.1) is 13.2 Å². The minimum absolute atomic E-state index is 0.127. The maximum absolute atomic E-state index is 11.6. The minimum atomic E-state index is -0.541. The van der Waals surface area contributed by atoms with E-state index < -0.39 is 12.2 Å². The zero-order valence-electron chi connectivity index (χ0n) is 17.2. The average molecular weight is 432 g/mol. The third-order valence-electron chi connectivity index (χ3n) is 4.06. The van der Waals surface area contributed by atoms with Crippen LogP contribution in [0.25, 0.3) is 0 Å². The summed E-state index contributed by atoms with van der Waals surface area (Å²) in [6.07, 6.45) is 1.81. The summed E-state index contributed by atoms with van der Waals surface area (Å²) in [5, 5.41) is 23.5. The van der Waals surface area contributed by atoms with E-state index in [-0.39, 0.29) is 24.7 Å². The van der Waals surface area contributed by atoms with E-state index in [0.29, 0.717) is 37.4 Å². The lowest BCUT2D eigenvalue weighted by atomic mass is 10.3. The lowest BCUT2D eigenvalue weighted by Gasteiger charge is -2.08. The number of carbonyl (C=O) groups is 2. The number of aromatic hydroxyl groups is 2. The van der Waals surface area contributed by atoms with E-state index in [4.69, 9.17) is 14.2 Å². The fourth-order valence-corrected chi connectivity index (χ4v) is 2.44. The molecule has 0 aromatic heterocycles. The molecule has 31 heavy (non-hydrogen) atoms. The molecule has 0 aliphatic heterocycles. The van der Waals surface area contributed by atoms with Gasteiger partial charge in [-0.15, -0.1) is 0 Å². The van der Waals surface area contributed by atoms with Crippen LogP contribution in [-0.2, 0) is 14.2 Å². The molecule has 0 aliphatic carbocycles. The molecule has 0 fully saturated rings. The third-order valence-corrected chi connectivity index (χ3v) is 4.06. The normalized spacial score (nSPS) is 10.3. The van der Waals surface area contributed by atoms with Crippen molar-refractivity contribution in [2.45, 2.75) is 25.7 Å². The van der Waals surface area contributed by atoms with E-state index in [1.54, 1.807) is 24.3 Å². The summed E-state index contributed by atoms with van der Waals surface area (Å²) in [5.41, 5.74) is 1.10. The molecule has 2 aromatic carbocycles. The summed E-state index contributed by atoms with van der Waals surface area (Å²) >= 11 is 0. The van der Waals surface area contributed by atoms with Gasteiger partial charge in [-0.05, 0) is 74.2 Å². The Balaban J connectivity index is 1.37. The van der Waals surface area contributed by atoms with E-state index in [9.17, 15) is 19.8 Å². The molecular formula is C22H28N2O7. The number of phenols is 2. The number of rotatable bonds is 12. The van der Waals surface area contributed by atoms with Crippen LogP contribution in [0.4, 0.5) is 21.0 Å². The van der Waals surface area contributed by atoms with Gasteiger partial charge in [0.15, 0.2) is 0 Å². The first-order valence-corrected chi connectivity index (χ1v) is 10.1. The molecule has 2 amide bonds. The highest BCUT2D eigenvalue weighted by Gasteiger charge is 2.04. The molecule has 0 bridgehead atoms.